The monoisotopic (exact) mass is 318 g/mol. The first kappa shape index (κ1) is 14.7. The number of benzene rings is 2. The zero-order valence-corrected chi connectivity index (χ0v) is 12.9. The van der Waals surface area contributed by atoms with Gasteiger partial charge in [-0.2, -0.15) is 0 Å². The molecular weight excluding hydrogens is 304 g/mol. The van der Waals surface area contributed by atoms with Crippen molar-refractivity contribution in [1.29, 1.82) is 0 Å². The molecule has 0 atom stereocenters. The summed E-state index contributed by atoms with van der Waals surface area (Å²) in [6.07, 6.45) is 0.936. The maximum atomic E-state index is 12.0. The maximum absolute atomic E-state index is 12.0. The Morgan fingerprint density at radius 3 is 2.68 bits per heavy atom. The topological polar surface area (TPSA) is 44.8 Å². The number of carbonyl (C=O) groups is 1. The first-order valence-corrected chi connectivity index (χ1v) is 7.39. The summed E-state index contributed by atoms with van der Waals surface area (Å²) in [5, 5.41) is 0.452. The molecule has 0 bridgehead atoms. The van der Waals surface area contributed by atoms with Crippen LogP contribution in [-0.4, -0.2) is 12.8 Å². The fourth-order valence-corrected chi connectivity index (χ4v) is 2.50. The van der Waals surface area contributed by atoms with Crippen LogP contribution < -0.4 is 9.47 Å². The third kappa shape index (κ3) is 3.02. The summed E-state index contributed by atoms with van der Waals surface area (Å²) in [6.45, 7) is 2.35. The first-order chi connectivity index (χ1) is 10.7. The van der Waals surface area contributed by atoms with Crippen molar-refractivity contribution in [2.24, 2.45) is 0 Å². The molecule has 2 aromatic carbocycles. The summed E-state index contributed by atoms with van der Waals surface area (Å²) in [5.74, 6) is 0.745. The van der Waals surface area contributed by atoms with Crippen molar-refractivity contribution in [3.63, 3.8) is 0 Å². The number of esters is 1. The molecule has 0 aliphatic carbocycles. The fourth-order valence-electron chi connectivity index (χ4n) is 2.21. The first-order valence-electron chi connectivity index (χ1n) is 7.01. The minimum absolute atomic E-state index is 0.130. The van der Waals surface area contributed by atoms with Gasteiger partial charge in [-0.05, 0) is 41.8 Å². The molecule has 0 saturated heterocycles. The number of ether oxygens (including phenoxy) is 3. The second-order valence-electron chi connectivity index (χ2n) is 4.94. The molecule has 0 saturated carbocycles. The number of rotatable bonds is 4. The van der Waals surface area contributed by atoms with Gasteiger partial charge in [0.1, 0.15) is 6.61 Å². The molecule has 0 radical (unpaired) electrons. The van der Waals surface area contributed by atoms with Crippen molar-refractivity contribution in [2.45, 2.75) is 20.0 Å². The minimum Gasteiger partial charge on any atom is -0.457 e. The van der Waals surface area contributed by atoms with E-state index in [4.69, 9.17) is 25.8 Å². The van der Waals surface area contributed by atoms with Crippen molar-refractivity contribution in [3.05, 3.63) is 58.1 Å². The lowest BCUT2D eigenvalue weighted by atomic mass is 10.1. The molecule has 0 spiro atoms. The van der Waals surface area contributed by atoms with E-state index in [1.165, 1.54) is 5.56 Å². The highest BCUT2D eigenvalue weighted by atomic mass is 35.5. The van der Waals surface area contributed by atoms with Gasteiger partial charge in [-0.25, -0.2) is 4.79 Å². The molecule has 1 heterocycles. The lowest BCUT2D eigenvalue weighted by Crippen LogP contribution is -2.05. The van der Waals surface area contributed by atoms with Gasteiger partial charge in [-0.1, -0.05) is 30.7 Å². The smallest absolute Gasteiger partial charge is 0.338 e. The Balaban J connectivity index is 1.67. The predicted octanol–water partition coefficient (Wildman–Crippen LogP) is 3.99. The van der Waals surface area contributed by atoms with E-state index in [2.05, 4.69) is 6.92 Å². The van der Waals surface area contributed by atoms with Gasteiger partial charge in [0.05, 0.1) is 10.6 Å². The van der Waals surface area contributed by atoms with Crippen LogP contribution in [0.3, 0.4) is 0 Å². The van der Waals surface area contributed by atoms with E-state index in [0.717, 1.165) is 12.0 Å². The molecule has 0 fully saturated rings. The summed E-state index contributed by atoms with van der Waals surface area (Å²) in [6, 6.07) is 10.9. The highest BCUT2D eigenvalue weighted by Crippen LogP contribution is 2.39. The van der Waals surface area contributed by atoms with E-state index in [1.54, 1.807) is 24.3 Å². The van der Waals surface area contributed by atoms with Crippen LogP contribution in [0.1, 0.15) is 28.4 Å². The van der Waals surface area contributed by atoms with Crippen molar-refractivity contribution in [3.8, 4) is 11.5 Å². The quantitative estimate of drug-likeness (QED) is 0.800. The molecule has 0 N–H and O–H groups in total. The fraction of sp³-hybridized carbons (Fsp3) is 0.235. The highest BCUT2D eigenvalue weighted by Gasteiger charge is 2.18. The lowest BCUT2D eigenvalue weighted by molar-refractivity contribution is 0.0472. The van der Waals surface area contributed by atoms with Gasteiger partial charge in [0.15, 0.2) is 11.5 Å². The Labute approximate surface area is 133 Å². The van der Waals surface area contributed by atoms with Crippen LogP contribution in [0.4, 0.5) is 0 Å². The third-order valence-corrected chi connectivity index (χ3v) is 3.74. The number of hydrogen-bond acceptors (Lipinski definition) is 4. The van der Waals surface area contributed by atoms with Crippen molar-refractivity contribution in [2.75, 3.05) is 6.79 Å². The second-order valence-corrected chi connectivity index (χ2v) is 5.35. The van der Waals surface area contributed by atoms with Crippen LogP contribution in [0.2, 0.25) is 5.02 Å². The number of carbonyl (C=O) groups excluding carboxylic acids is 1. The molecule has 114 valence electrons. The summed E-state index contributed by atoms with van der Waals surface area (Å²) >= 11 is 6.10. The van der Waals surface area contributed by atoms with E-state index in [0.29, 0.717) is 22.1 Å². The molecular formula is C17H15ClO4. The van der Waals surface area contributed by atoms with Crippen LogP contribution in [0.15, 0.2) is 36.4 Å². The van der Waals surface area contributed by atoms with E-state index < -0.39 is 0 Å². The van der Waals surface area contributed by atoms with Gasteiger partial charge in [0.2, 0.25) is 6.79 Å². The average molecular weight is 319 g/mol. The molecule has 3 rings (SSSR count). The Morgan fingerprint density at radius 2 is 1.95 bits per heavy atom. The van der Waals surface area contributed by atoms with Crippen LogP contribution in [-0.2, 0) is 17.8 Å². The second kappa shape index (κ2) is 6.28. The SMILES string of the molecule is CCc1ccc(C(=O)OCc2cc(Cl)c3c(c2)OCO3)cc1. The molecule has 2 aromatic rings. The van der Waals surface area contributed by atoms with Crippen molar-refractivity contribution >= 4 is 17.6 Å². The largest absolute Gasteiger partial charge is 0.457 e. The molecule has 0 aromatic heterocycles. The minimum atomic E-state index is -0.364. The van der Waals surface area contributed by atoms with Gasteiger partial charge in [-0.15, -0.1) is 0 Å². The summed E-state index contributed by atoms with van der Waals surface area (Å²) in [4.78, 5) is 12.0. The van der Waals surface area contributed by atoms with Gasteiger partial charge in [0, 0.05) is 0 Å². The number of fused-ring (bicyclic) bond motifs is 1. The molecule has 4 nitrogen and oxygen atoms in total. The van der Waals surface area contributed by atoms with Crippen LogP contribution in [0.5, 0.6) is 11.5 Å². The maximum Gasteiger partial charge on any atom is 0.338 e. The lowest BCUT2D eigenvalue weighted by Gasteiger charge is -2.07. The van der Waals surface area contributed by atoms with Gasteiger partial charge >= 0.3 is 5.97 Å². The van der Waals surface area contributed by atoms with Gasteiger partial charge in [-0.3, -0.25) is 0 Å². The zero-order chi connectivity index (χ0) is 15.5. The number of hydrogen-bond donors (Lipinski definition) is 0. The molecule has 1 aliphatic heterocycles. The van der Waals surface area contributed by atoms with Crippen molar-refractivity contribution < 1.29 is 19.0 Å². The van der Waals surface area contributed by atoms with E-state index in [9.17, 15) is 4.79 Å². The Hall–Kier alpha value is -2.20. The predicted molar refractivity (Wildman–Crippen MR) is 82.5 cm³/mol. The summed E-state index contributed by atoms with van der Waals surface area (Å²) in [7, 11) is 0. The highest BCUT2D eigenvalue weighted by molar-refractivity contribution is 6.32. The molecule has 0 amide bonds. The Kier molecular flexibility index (Phi) is 4.20. The van der Waals surface area contributed by atoms with E-state index in [1.807, 2.05) is 12.1 Å². The number of aryl methyl sites for hydroxylation is 1. The Bertz CT molecular complexity index is 695. The van der Waals surface area contributed by atoms with E-state index in [-0.39, 0.29) is 19.4 Å². The van der Waals surface area contributed by atoms with Gasteiger partial charge in [0.25, 0.3) is 0 Å². The normalized spacial score (nSPS) is 12.3. The molecule has 0 unspecified atom stereocenters. The molecule has 22 heavy (non-hydrogen) atoms. The molecule has 1 aliphatic rings. The third-order valence-electron chi connectivity index (χ3n) is 3.45. The van der Waals surface area contributed by atoms with E-state index >= 15 is 0 Å². The van der Waals surface area contributed by atoms with Crippen molar-refractivity contribution in [1.82, 2.24) is 0 Å². The van der Waals surface area contributed by atoms with Crippen LogP contribution in [0.25, 0.3) is 0 Å². The van der Waals surface area contributed by atoms with Gasteiger partial charge < -0.3 is 14.2 Å². The molecule has 5 heteroatoms. The summed E-state index contributed by atoms with van der Waals surface area (Å²) < 4.78 is 15.8. The van der Waals surface area contributed by atoms with Crippen LogP contribution in [0, 0.1) is 0 Å². The summed E-state index contributed by atoms with van der Waals surface area (Å²) in [5.41, 5.74) is 2.47. The standard InChI is InChI=1S/C17H15ClO4/c1-2-11-3-5-13(6-4-11)17(19)20-9-12-7-14(18)16-15(8-12)21-10-22-16/h3-8H,2,9-10H2,1H3. The zero-order valence-electron chi connectivity index (χ0n) is 12.1. The average Bonchev–Trinajstić information content (AvgIpc) is 3.02. The van der Waals surface area contributed by atoms with Crippen LogP contribution >= 0.6 is 11.6 Å². The Morgan fingerprint density at radius 1 is 1.18 bits per heavy atom. The number of halogens is 1.